The monoisotopic (exact) mass is 405 g/mol. The van der Waals surface area contributed by atoms with Crippen molar-refractivity contribution in [2.45, 2.75) is 46.6 Å². The van der Waals surface area contributed by atoms with Crippen LogP contribution in [0.4, 0.5) is 0 Å². The third kappa shape index (κ3) is 5.29. The Morgan fingerprint density at radius 1 is 1.13 bits per heavy atom. The molecule has 3 aromatic rings. The maximum atomic E-state index is 11.7. The SMILES string of the molecule is C=C(C)C(=O)NCCCc1nc2ccccc2n1CCCOc1cccc(C)c1C. The Morgan fingerprint density at radius 3 is 2.73 bits per heavy atom. The molecule has 0 aliphatic rings. The summed E-state index contributed by atoms with van der Waals surface area (Å²) in [6, 6.07) is 14.4. The molecule has 0 saturated carbocycles. The highest BCUT2D eigenvalue weighted by atomic mass is 16.5. The third-order valence-corrected chi connectivity index (χ3v) is 5.32. The first-order valence-corrected chi connectivity index (χ1v) is 10.5. The van der Waals surface area contributed by atoms with Gasteiger partial charge in [-0.3, -0.25) is 4.79 Å². The van der Waals surface area contributed by atoms with Gasteiger partial charge in [0.25, 0.3) is 0 Å². The van der Waals surface area contributed by atoms with Gasteiger partial charge < -0.3 is 14.6 Å². The van der Waals surface area contributed by atoms with Gasteiger partial charge in [-0.2, -0.15) is 0 Å². The van der Waals surface area contributed by atoms with Crippen LogP contribution in [0, 0.1) is 13.8 Å². The molecular weight excluding hydrogens is 374 g/mol. The quantitative estimate of drug-likeness (QED) is 0.391. The number of benzene rings is 2. The van der Waals surface area contributed by atoms with Gasteiger partial charge in [-0.25, -0.2) is 4.98 Å². The molecule has 1 amide bonds. The predicted octanol–water partition coefficient (Wildman–Crippen LogP) is 4.75. The van der Waals surface area contributed by atoms with Crippen molar-refractivity contribution in [2.75, 3.05) is 13.2 Å². The lowest BCUT2D eigenvalue weighted by Crippen LogP contribution is -2.25. The molecule has 0 atom stereocenters. The minimum atomic E-state index is -0.0907. The van der Waals surface area contributed by atoms with Gasteiger partial charge in [0.2, 0.25) is 5.91 Å². The molecule has 30 heavy (non-hydrogen) atoms. The Hall–Kier alpha value is -3.08. The number of rotatable bonds is 10. The van der Waals surface area contributed by atoms with Gasteiger partial charge in [0.05, 0.1) is 17.6 Å². The minimum Gasteiger partial charge on any atom is -0.493 e. The zero-order valence-corrected chi connectivity index (χ0v) is 18.2. The molecule has 0 spiro atoms. The average molecular weight is 406 g/mol. The van der Waals surface area contributed by atoms with Gasteiger partial charge in [-0.15, -0.1) is 0 Å². The van der Waals surface area contributed by atoms with Crippen molar-refractivity contribution in [1.82, 2.24) is 14.9 Å². The van der Waals surface area contributed by atoms with Crippen LogP contribution in [-0.4, -0.2) is 28.6 Å². The van der Waals surface area contributed by atoms with E-state index < -0.39 is 0 Å². The van der Waals surface area contributed by atoms with Gasteiger partial charge >= 0.3 is 0 Å². The summed E-state index contributed by atoms with van der Waals surface area (Å²) in [6.07, 6.45) is 2.54. The molecule has 1 heterocycles. The number of carbonyl (C=O) groups excluding carboxylic acids is 1. The smallest absolute Gasteiger partial charge is 0.246 e. The second-order valence-electron chi connectivity index (χ2n) is 7.71. The van der Waals surface area contributed by atoms with E-state index in [1.807, 2.05) is 30.3 Å². The number of hydrogen-bond acceptors (Lipinski definition) is 3. The van der Waals surface area contributed by atoms with E-state index in [2.05, 4.69) is 42.4 Å². The predicted molar refractivity (Wildman–Crippen MR) is 122 cm³/mol. The average Bonchev–Trinajstić information content (AvgIpc) is 3.08. The lowest BCUT2D eigenvalue weighted by atomic mass is 10.1. The molecule has 5 heteroatoms. The molecule has 0 bridgehead atoms. The molecular formula is C25H31N3O2. The Balaban J connectivity index is 1.60. The largest absolute Gasteiger partial charge is 0.493 e. The molecule has 1 N–H and O–H groups in total. The van der Waals surface area contributed by atoms with Gasteiger partial charge in [-0.1, -0.05) is 30.8 Å². The maximum absolute atomic E-state index is 11.7. The topological polar surface area (TPSA) is 56.2 Å². The Bertz CT molecular complexity index is 1040. The van der Waals surface area contributed by atoms with E-state index >= 15 is 0 Å². The number of imidazole rings is 1. The number of hydrogen-bond donors (Lipinski definition) is 1. The first-order chi connectivity index (χ1) is 14.5. The number of ether oxygens (including phenoxy) is 1. The van der Waals surface area contributed by atoms with Crippen LogP contribution in [0.25, 0.3) is 11.0 Å². The van der Waals surface area contributed by atoms with Crippen LogP contribution < -0.4 is 10.1 Å². The van der Waals surface area contributed by atoms with Crippen LogP contribution in [-0.2, 0) is 17.8 Å². The van der Waals surface area contributed by atoms with Crippen molar-refractivity contribution in [3.05, 3.63) is 71.6 Å². The molecule has 2 aromatic carbocycles. The van der Waals surface area contributed by atoms with E-state index in [1.54, 1.807) is 6.92 Å². The number of amides is 1. The highest BCUT2D eigenvalue weighted by molar-refractivity contribution is 5.92. The minimum absolute atomic E-state index is 0.0907. The first kappa shape index (κ1) is 21.6. The summed E-state index contributed by atoms with van der Waals surface area (Å²) in [5.41, 5.74) is 5.13. The summed E-state index contributed by atoms with van der Waals surface area (Å²) in [6.45, 7) is 11.7. The Kier molecular flexibility index (Phi) is 7.28. The van der Waals surface area contributed by atoms with Crippen molar-refractivity contribution in [3.8, 4) is 5.75 Å². The molecule has 3 rings (SSSR count). The number of fused-ring (bicyclic) bond motifs is 1. The van der Waals surface area contributed by atoms with Gasteiger partial charge in [0.1, 0.15) is 11.6 Å². The van der Waals surface area contributed by atoms with Gasteiger partial charge in [0, 0.05) is 25.1 Å². The first-order valence-electron chi connectivity index (χ1n) is 10.5. The summed E-state index contributed by atoms with van der Waals surface area (Å²) < 4.78 is 8.31. The summed E-state index contributed by atoms with van der Waals surface area (Å²) in [5, 5.41) is 2.89. The van der Waals surface area contributed by atoms with Gasteiger partial charge in [0.15, 0.2) is 0 Å². The van der Waals surface area contributed by atoms with E-state index in [1.165, 1.54) is 11.1 Å². The van der Waals surface area contributed by atoms with Gasteiger partial charge in [-0.05, 0) is 62.9 Å². The number of carbonyl (C=O) groups is 1. The molecule has 0 aliphatic heterocycles. The van der Waals surface area contributed by atoms with Crippen LogP contribution in [0.5, 0.6) is 5.75 Å². The summed E-state index contributed by atoms with van der Waals surface area (Å²) in [7, 11) is 0. The molecule has 5 nitrogen and oxygen atoms in total. The fraction of sp³-hybridized carbons (Fsp3) is 0.360. The molecule has 0 fully saturated rings. The number of para-hydroxylation sites is 2. The summed E-state index contributed by atoms with van der Waals surface area (Å²) in [5.74, 6) is 1.92. The molecule has 0 saturated heterocycles. The lowest BCUT2D eigenvalue weighted by molar-refractivity contribution is -0.117. The molecule has 0 aliphatic carbocycles. The van der Waals surface area contributed by atoms with Crippen LogP contribution in [0.1, 0.15) is 36.7 Å². The standard InChI is InChI=1S/C25H31N3O2/c1-18(2)25(29)26-15-8-14-24-27-21-11-5-6-12-22(21)28(24)16-9-17-30-23-13-7-10-19(3)20(23)4/h5-7,10-13H,1,8-9,14-17H2,2-4H3,(H,26,29). The Morgan fingerprint density at radius 2 is 1.93 bits per heavy atom. The number of nitrogens with one attached hydrogen (secondary N) is 1. The fourth-order valence-corrected chi connectivity index (χ4v) is 3.45. The lowest BCUT2D eigenvalue weighted by Gasteiger charge is -2.13. The van der Waals surface area contributed by atoms with Crippen molar-refractivity contribution in [1.29, 1.82) is 0 Å². The number of aromatic nitrogens is 2. The highest BCUT2D eigenvalue weighted by Gasteiger charge is 2.11. The second kappa shape index (κ2) is 10.1. The van der Waals surface area contributed by atoms with E-state index in [0.717, 1.165) is 48.4 Å². The van der Waals surface area contributed by atoms with Crippen LogP contribution in [0.3, 0.4) is 0 Å². The van der Waals surface area contributed by atoms with Crippen molar-refractivity contribution in [2.24, 2.45) is 0 Å². The molecule has 1 aromatic heterocycles. The number of aryl methyl sites for hydroxylation is 3. The normalized spacial score (nSPS) is 10.9. The maximum Gasteiger partial charge on any atom is 0.246 e. The fourth-order valence-electron chi connectivity index (χ4n) is 3.45. The van der Waals surface area contributed by atoms with E-state index in [9.17, 15) is 4.79 Å². The molecule has 158 valence electrons. The summed E-state index contributed by atoms with van der Waals surface area (Å²) in [4.78, 5) is 16.5. The van der Waals surface area contributed by atoms with Crippen molar-refractivity contribution in [3.63, 3.8) is 0 Å². The van der Waals surface area contributed by atoms with Crippen LogP contribution >= 0.6 is 0 Å². The second-order valence-corrected chi connectivity index (χ2v) is 7.71. The molecule has 0 unspecified atom stereocenters. The Labute approximate surface area is 178 Å². The van der Waals surface area contributed by atoms with E-state index in [-0.39, 0.29) is 5.91 Å². The van der Waals surface area contributed by atoms with E-state index in [0.29, 0.717) is 18.7 Å². The zero-order valence-electron chi connectivity index (χ0n) is 18.2. The van der Waals surface area contributed by atoms with Crippen molar-refractivity contribution < 1.29 is 9.53 Å². The van der Waals surface area contributed by atoms with E-state index in [4.69, 9.17) is 9.72 Å². The number of nitrogens with zero attached hydrogens (tertiary/aromatic N) is 2. The van der Waals surface area contributed by atoms with Crippen LogP contribution in [0.15, 0.2) is 54.6 Å². The van der Waals surface area contributed by atoms with Crippen LogP contribution in [0.2, 0.25) is 0 Å². The van der Waals surface area contributed by atoms with Crippen molar-refractivity contribution >= 4 is 16.9 Å². The molecule has 0 radical (unpaired) electrons. The summed E-state index contributed by atoms with van der Waals surface area (Å²) >= 11 is 0. The third-order valence-electron chi connectivity index (χ3n) is 5.32. The highest BCUT2D eigenvalue weighted by Crippen LogP contribution is 2.21. The zero-order chi connectivity index (χ0) is 21.5.